The first-order valence-electron chi connectivity index (χ1n) is 4.17. The molecular weight excluding hydrogens is 150 g/mol. The Hall–Kier alpha value is -1.05. The largest absolute Gasteiger partial charge is 0.352 e. The van der Waals surface area contributed by atoms with Crippen LogP contribution in [0.2, 0.25) is 0 Å². The third-order valence-corrected chi connectivity index (χ3v) is 1.55. The monoisotopic (exact) mass is 167 g/mol. The Labute approximate surface area is 74.4 Å². The lowest BCUT2D eigenvalue weighted by molar-refractivity contribution is -0.117. The Kier molecular flexibility index (Phi) is 5.09. The van der Waals surface area contributed by atoms with Crippen LogP contribution in [0.4, 0.5) is 0 Å². The summed E-state index contributed by atoms with van der Waals surface area (Å²) in [6.45, 7) is 12.0. The molecule has 0 saturated heterocycles. The van der Waals surface area contributed by atoms with Crippen LogP contribution in [0.3, 0.4) is 0 Å². The molecule has 0 heterocycles. The zero-order valence-electron chi connectivity index (χ0n) is 7.89. The van der Waals surface area contributed by atoms with Gasteiger partial charge in [0.1, 0.15) is 0 Å². The number of nitrogens with one attached hydrogen (secondary N) is 1. The molecule has 2 nitrogen and oxygen atoms in total. The minimum Gasteiger partial charge on any atom is -0.352 e. The molecule has 0 unspecified atom stereocenters. The van der Waals surface area contributed by atoms with Gasteiger partial charge >= 0.3 is 0 Å². The highest BCUT2D eigenvalue weighted by Crippen LogP contribution is 1.97. The molecule has 0 aromatic rings. The van der Waals surface area contributed by atoms with Gasteiger partial charge in [-0.2, -0.15) is 0 Å². The van der Waals surface area contributed by atoms with Crippen LogP contribution in [0.15, 0.2) is 24.8 Å². The van der Waals surface area contributed by atoms with Crippen LogP contribution >= 0.6 is 0 Å². The second-order valence-electron chi connectivity index (χ2n) is 3.17. The second kappa shape index (κ2) is 5.58. The third kappa shape index (κ3) is 4.72. The van der Waals surface area contributed by atoms with Crippen LogP contribution in [-0.2, 0) is 4.79 Å². The molecule has 0 radical (unpaired) electrons. The predicted molar refractivity (Wildman–Crippen MR) is 51.8 cm³/mol. The van der Waals surface area contributed by atoms with Gasteiger partial charge in [0.2, 0.25) is 0 Å². The van der Waals surface area contributed by atoms with E-state index in [0.717, 1.165) is 6.42 Å². The van der Waals surface area contributed by atoms with E-state index in [9.17, 15) is 4.79 Å². The molecular formula is C10H17NO. The van der Waals surface area contributed by atoms with Gasteiger partial charge in [-0.05, 0) is 12.3 Å². The molecule has 12 heavy (non-hydrogen) atoms. The summed E-state index contributed by atoms with van der Waals surface area (Å²) in [6.07, 6.45) is 2.46. The van der Waals surface area contributed by atoms with E-state index in [2.05, 4.69) is 32.3 Å². The number of carbonyl (C=O) groups is 1. The fourth-order valence-corrected chi connectivity index (χ4v) is 0.681. The van der Waals surface area contributed by atoms with Crippen LogP contribution < -0.4 is 5.32 Å². The van der Waals surface area contributed by atoms with E-state index in [0.29, 0.717) is 18.0 Å². The second-order valence-corrected chi connectivity index (χ2v) is 3.17. The zero-order valence-corrected chi connectivity index (χ0v) is 7.89. The van der Waals surface area contributed by atoms with Gasteiger partial charge in [-0.25, -0.2) is 0 Å². The average molecular weight is 167 g/mol. The summed E-state index contributed by atoms with van der Waals surface area (Å²) in [5.41, 5.74) is 0.429. The lowest BCUT2D eigenvalue weighted by Crippen LogP contribution is -2.25. The lowest BCUT2D eigenvalue weighted by Gasteiger charge is -2.06. The number of rotatable bonds is 5. The molecule has 0 aliphatic heterocycles. The Bertz CT molecular complexity index is 182. The summed E-state index contributed by atoms with van der Waals surface area (Å²) in [5.74, 6) is 0.493. The quantitative estimate of drug-likeness (QED) is 0.491. The predicted octanol–water partition coefficient (Wildman–Crippen LogP) is 1.89. The van der Waals surface area contributed by atoms with Crippen LogP contribution in [0.5, 0.6) is 0 Å². The Balaban J connectivity index is 3.58. The van der Waals surface area contributed by atoms with Gasteiger partial charge in [0.05, 0.1) is 0 Å². The molecule has 0 atom stereocenters. The van der Waals surface area contributed by atoms with Gasteiger partial charge in [-0.1, -0.05) is 33.1 Å². The first-order chi connectivity index (χ1) is 5.57. The van der Waals surface area contributed by atoms with Crippen molar-refractivity contribution in [2.75, 3.05) is 6.54 Å². The van der Waals surface area contributed by atoms with E-state index in [1.807, 2.05) is 0 Å². The zero-order chi connectivity index (χ0) is 9.56. The van der Waals surface area contributed by atoms with Gasteiger partial charge in [-0.15, -0.1) is 0 Å². The molecule has 0 aliphatic carbocycles. The van der Waals surface area contributed by atoms with Crippen molar-refractivity contribution >= 4 is 5.91 Å². The third-order valence-electron chi connectivity index (χ3n) is 1.55. The van der Waals surface area contributed by atoms with Crippen LogP contribution in [0, 0.1) is 5.92 Å². The van der Waals surface area contributed by atoms with Crippen molar-refractivity contribution in [1.82, 2.24) is 5.32 Å². The SMILES string of the molecule is C=CC(=C)C(=O)NCCC(C)C. The summed E-state index contributed by atoms with van der Waals surface area (Å²) in [6, 6.07) is 0. The smallest absolute Gasteiger partial charge is 0.250 e. The minimum absolute atomic E-state index is 0.120. The summed E-state index contributed by atoms with van der Waals surface area (Å²) >= 11 is 0. The van der Waals surface area contributed by atoms with Crippen molar-refractivity contribution in [2.45, 2.75) is 20.3 Å². The van der Waals surface area contributed by atoms with E-state index in [-0.39, 0.29) is 5.91 Å². The number of hydrogen-bond acceptors (Lipinski definition) is 1. The minimum atomic E-state index is -0.120. The van der Waals surface area contributed by atoms with Crippen molar-refractivity contribution in [2.24, 2.45) is 5.92 Å². The van der Waals surface area contributed by atoms with E-state index < -0.39 is 0 Å². The highest BCUT2D eigenvalue weighted by atomic mass is 16.1. The fraction of sp³-hybridized carbons (Fsp3) is 0.500. The number of hydrogen-bond donors (Lipinski definition) is 1. The normalized spacial score (nSPS) is 9.58. The summed E-state index contributed by atoms with van der Waals surface area (Å²) in [5, 5.41) is 2.75. The topological polar surface area (TPSA) is 29.1 Å². The molecule has 2 heteroatoms. The molecule has 0 aromatic heterocycles. The van der Waals surface area contributed by atoms with Crippen LogP contribution in [0.1, 0.15) is 20.3 Å². The fourth-order valence-electron chi connectivity index (χ4n) is 0.681. The molecule has 0 rings (SSSR count). The number of carbonyl (C=O) groups excluding carboxylic acids is 1. The molecule has 1 amide bonds. The molecule has 0 aromatic carbocycles. The van der Waals surface area contributed by atoms with E-state index in [4.69, 9.17) is 0 Å². The summed E-state index contributed by atoms with van der Waals surface area (Å²) in [4.78, 5) is 11.1. The van der Waals surface area contributed by atoms with Crippen LogP contribution in [-0.4, -0.2) is 12.5 Å². The Morgan fingerprint density at radius 3 is 2.58 bits per heavy atom. The molecule has 0 spiro atoms. The summed E-state index contributed by atoms with van der Waals surface area (Å²) in [7, 11) is 0. The first kappa shape index (κ1) is 11.0. The van der Waals surface area contributed by atoms with E-state index in [1.165, 1.54) is 6.08 Å². The highest BCUT2D eigenvalue weighted by molar-refractivity contribution is 5.95. The Morgan fingerprint density at radius 2 is 2.17 bits per heavy atom. The van der Waals surface area contributed by atoms with E-state index in [1.54, 1.807) is 0 Å². The number of amides is 1. The maximum Gasteiger partial charge on any atom is 0.250 e. The van der Waals surface area contributed by atoms with Crippen molar-refractivity contribution in [3.05, 3.63) is 24.8 Å². The highest BCUT2D eigenvalue weighted by Gasteiger charge is 2.01. The van der Waals surface area contributed by atoms with Gasteiger partial charge in [-0.3, -0.25) is 4.79 Å². The maximum absolute atomic E-state index is 11.1. The molecule has 0 saturated carbocycles. The maximum atomic E-state index is 11.1. The van der Waals surface area contributed by atoms with Crippen LogP contribution in [0.25, 0.3) is 0 Å². The molecule has 0 bridgehead atoms. The van der Waals surface area contributed by atoms with E-state index >= 15 is 0 Å². The van der Waals surface area contributed by atoms with Gasteiger partial charge < -0.3 is 5.32 Å². The standard InChI is InChI=1S/C10H17NO/c1-5-9(4)10(12)11-7-6-8(2)3/h5,8H,1,4,6-7H2,2-3H3,(H,11,12). The van der Waals surface area contributed by atoms with Gasteiger partial charge in [0.25, 0.3) is 5.91 Å². The summed E-state index contributed by atoms with van der Waals surface area (Å²) < 4.78 is 0. The lowest BCUT2D eigenvalue weighted by atomic mass is 10.1. The molecule has 1 N–H and O–H groups in total. The average Bonchev–Trinajstić information content (AvgIpc) is 2.02. The molecule has 68 valence electrons. The van der Waals surface area contributed by atoms with Crippen molar-refractivity contribution < 1.29 is 4.79 Å². The first-order valence-corrected chi connectivity index (χ1v) is 4.17. The molecule has 0 aliphatic rings. The van der Waals surface area contributed by atoms with Crippen molar-refractivity contribution in [3.63, 3.8) is 0 Å². The molecule has 0 fully saturated rings. The van der Waals surface area contributed by atoms with Gasteiger partial charge in [0, 0.05) is 12.1 Å². The Morgan fingerprint density at radius 1 is 1.58 bits per heavy atom. The van der Waals surface area contributed by atoms with Crippen molar-refractivity contribution in [3.8, 4) is 0 Å². The van der Waals surface area contributed by atoms with Gasteiger partial charge in [0.15, 0.2) is 0 Å². The van der Waals surface area contributed by atoms with Crippen molar-refractivity contribution in [1.29, 1.82) is 0 Å².